The number of alkyl halides is 2. The van der Waals surface area contributed by atoms with Gasteiger partial charge in [-0.25, -0.2) is 4.79 Å². The number of nitrogens with zero attached hydrogens (tertiary/aromatic N) is 1. The first-order valence-electron chi connectivity index (χ1n) is 7.22. The third-order valence-electron chi connectivity index (χ3n) is 3.86. The highest BCUT2D eigenvalue weighted by atomic mass is 79.9. The van der Waals surface area contributed by atoms with Gasteiger partial charge in [0.25, 0.3) is 5.91 Å². The zero-order valence-electron chi connectivity index (χ0n) is 13.0. The van der Waals surface area contributed by atoms with Crippen LogP contribution < -0.4 is 10.1 Å². The molecule has 1 saturated heterocycles. The normalized spacial score (nSPS) is 20.3. The Morgan fingerprint density at radius 2 is 2.12 bits per heavy atom. The van der Waals surface area contributed by atoms with Gasteiger partial charge >= 0.3 is 12.6 Å². The average Bonchev–Trinajstić information content (AvgIpc) is 3.14. The second-order valence-corrected chi connectivity index (χ2v) is 6.47. The summed E-state index contributed by atoms with van der Waals surface area (Å²) in [5.41, 5.74) is -1.09. The Balaban J connectivity index is 1.90. The van der Waals surface area contributed by atoms with Gasteiger partial charge in [0.15, 0.2) is 5.54 Å². The van der Waals surface area contributed by atoms with Crippen LogP contribution in [0.2, 0.25) is 0 Å². The second kappa shape index (κ2) is 6.47. The maximum absolute atomic E-state index is 12.7. The molecule has 1 N–H and O–H groups in total. The fourth-order valence-electron chi connectivity index (χ4n) is 2.62. The highest BCUT2D eigenvalue weighted by Crippen LogP contribution is 2.32. The number of ether oxygens (including phenoxy) is 1. The van der Waals surface area contributed by atoms with E-state index in [1.807, 2.05) is 0 Å². The lowest BCUT2D eigenvalue weighted by Crippen LogP contribution is -2.40. The molecule has 2 heterocycles. The van der Waals surface area contributed by atoms with E-state index in [0.717, 1.165) is 4.90 Å². The molecule has 1 aliphatic rings. The number of nitrogens with one attached hydrogen (secondary N) is 1. The van der Waals surface area contributed by atoms with Gasteiger partial charge in [-0.3, -0.25) is 9.69 Å². The number of hydrogen-bond donors (Lipinski definition) is 1. The van der Waals surface area contributed by atoms with Crippen LogP contribution in [0.1, 0.15) is 18.2 Å². The smallest absolute Gasteiger partial charge is 0.387 e. The van der Waals surface area contributed by atoms with Crippen LogP contribution in [0.25, 0.3) is 0 Å². The summed E-state index contributed by atoms with van der Waals surface area (Å²) in [6.45, 7) is -1.72. The van der Waals surface area contributed by atoms with Crippen LogP contribution >= 0.6 is 15.9 Å². The summed E-state index contributed by atoms with van der Waals surface area (Å²) in [4.78, 5) is 25.9. The summed E-state index contributed by atoms with van der Waals surface area (Å²) in [5.74, 6) is -0.368. The largest absolute Gasteiger partial charge is 0.466 e. The maximum Gasteiger partial charge on any atom is 0.387 e. The highest BCUT2D eigenvalue weighted by Gasteiger charge is 2.51. The Kier molecular flexibility index (Phi) is 4.51. The molecular weight excluding hydrogens is 402 g/mol. The lowest BCUT2D eigenvalue weighted by atomic mass is 9.99. The SMILES string of the molecule is CC1(c2ccco2)NC(=O)N(Cc2cc(Br)ccc2OC(F)F)C1=O. The second-order valence-electron chi connectivity index (χ2n) is 5.55. The van der Waals surface area contributed by atoms with E-state index in [0.29, 0.717) is 4.47 Å². The quantitative estimate of drug-likeness (QED) is 0.758. The topological polar surface area (TPSA) is 71.8 Å². The van der Waals surface area contributed by atoms with Crippen molar-refractivity contribution in [3.63, 3.8) is 0 Å². The average molecular weight is 415 g/mol. The Labute approximate surface area is 149 Å². The van der Waals surface area contributed by atoms with E-state index in [4.69, 9.17) is 4.42 Å². The molecule has 3 amide bonds. The number of hydrogen-bond acceptors (Lipinski definition) is 4. The Morgan fingerprint density at radius 1 is 1.36 bits per heavy atom. The van der Waals surface area contributed by atoms with Crippen LogP contribution in [-0.4, -0.2) is 23.4 Å². The lowest BCUT2D eigenvalue weighted by Gasteiger charge is -2.20. The fourth-order valence-corrected chi connectivity index (χ4v) is 3.03. The standard InChI is InChI=1S/C16H13BrF2N2O4/c1-16(12-3-2-6-24-12)13(22)21(15(23)20-16)8-9-7-10(17)4-5-11(9)25-14(18)19/h2-7,14H,8H2,1H3,(H,20,23). The number of amides is 3. The van der Waals surface area contributed by atoms with E-state index >= 15 is 0 Å². The van der Waals surface area contributed by atoms with Gasteiger partial charge in [0.1, 0.15) is 11.5 Å². The minimum Gasteiger partial charge on any atom is -0.466 e. The van der Waals surface area contributed by atoms with Crippen molar-refractivity contribution >= 4 is 27.9 Å². The molecule has 1 fully saturated rings. The molecule has 9 heteroatoms. The summed E-state index contributed by atoms with van der Waals surface area (Å²) in [6.07, 6.45) is 1.39. The van der Waals surface area contributed by atoms with Gasteiger partial charge in [0.2, 0.25) is 0 Å². The summed E-state index contributed by atoms with van der Waals surface area (Å²) in [7, 11) is 0. The molecule has 2 aromatic rings. The highest BCUT2D eigenvalue weighted by molar-refractivity contribution is 9.10. The van der Waals surface area contributed by atoms with Gasteiger partial charge in [0, 0.05) is 10.0 Å². The minimum absolute atomic E-state index is 0.106. The summed E-state index contributed by atoms with van der Waals surface area (Å²) >= 11 is 3.23. The third-order valence-corrected chi connectivity index (χ3v) is 4.35. The number of halogens is 3. The van der Waals surface area contributed by atoms with Crippen molar-refractivity contribution in [1.29, 1.82) is 0 Å². The molecule has 1 aliphatic heterocycles. The summed E-state index contributed by atoms with van der Waals surface area (Å²) in [6, 6.07) is 6.92. The first kappa shape index (κ1) is 17.4. The van der Waals surface area contributed by atoms with E-state index < -0.39 is 24.1 Å². The summed E-state index contributed by atoms with van der Waals surface area (Å²) < 4.78 is 35.4. The first-order chi connectivity index (χ1) is 11.8. The van der Waals surface area contributed by atoms with E-state index in [2.05, 4.69) is 26.0 Å². The molecule has 1 aromatic carbocycles. The zero-order valence-corrected chi connectivity index (χ0v) is 14.5. The van der Waals surface area contributed by atoms with Gasteiger partial charge in [-0.2, -0.15) is 8.78 Å². The molecule has 0 radical (unpaired) electrons. The van der Waals surface area contributed by atoms with Crippen molar-refractivity contribution in [2.75, 3.05) is 0 Å². The van der Waals surface area contributed by atoms with E-state index in [1.165, 1.54) is 31.4 Å². The van der Waals surface area contributed by atoms with Crippen molar-refractivity contribution in [2.45, 2.75) is 25.6 Å². The molecule has 0 aliphatic carbocycles. The number of benzene rings is 1. The number of carbonyl (C=O) groups excluding carboxylic acids is 2. The number of imide groups is 1. The van der Waals surface area contributed by atoms with Crippen molar-refractivity contribution in [3.05, 3.63) is 52.4 Å². The van der Waals surface area contributed by atoms with Crippen molar-refractivity contribution in [1.82, 2.24) is 10.2 Å². The van der Waals surface area contributed by atoms with Gasteiger partial charge in [-0.05, 0) is 37.3 Å². The zero-order chi connectivity index (χ0) is 18.2. The Morgan fingerprint density at radius 3 is 2.76 bits per heavy atom. The molecule has 6 nitrogen and oxygen atoms in total. The van der Waals surface area contributed by atoms with E-state index in [1.54, 1.807) is 12.1 Å². The molecule has 3 rings (SSSR count). The molecule has 0 spiro atoms. The van der Waals surface area contributed by atoms with E-state index in [-0.39, 0.29) is 23.6 Å². The van der Waals surface area contributed by atoms with Gasteiger partial charge in [0.05, 0.1) is 12.8 Å². The lowest BCUT2D eigenvalue weighted by molar-refractivity contribution is -0.132. The Hall–Kier alpha value is -2.42. The predicted octanol–water partition coefficient (Wildman–Crippen LogP) is 3.61. The van der Waals surface area contributed by atoms with Crippen LogP contribution in [0.4, 0.5) is 13.6 Å². The van der Waals surface area contributed by atoms with Crippen LogP contribution in [-0.2, 0) is 16.9 Å². The molecule has 1 unspecified atom stereocenters. The van der Waals surface area contributed by atoms with E-state index in [9.17, 15) is 18.4 Å². The van der Waals surface area contributed by atoms with Crippen LogP contribution in [0.15, 0.2) is 45.5 Å². The van der Waals surface area contributed by atoms with Crippen molar-refractivity contribution in [2.24, 2.45) is 0 Å². The molecule has 1 atom stereocenters. The number of furan rings is 1. The number of rotatable bonds is 5. The Bertz CT molecular complexity index is 812. The fraction of sp³-hybridized carbons (Fsp3) is 0.250. The number of carbonyl (C=O) groups is 2. The molecular formula is C16H13BrF2N2O4. The molecule has 132 valence electrons. The van der Waals surface area contributed by atoms with Crippen LogP contribution in [0.3, 0.4) is 0 Å². The maximum atomic E-state index is 12.7. The van der Waals surface area contributed by atoms with Gasteiger partial charge < -0.3 is 14.5 Å². The van der Waals surface area contributed by atoms with Crippen molar-refractivity contribution in [3.8, 4) is 5.75 Å². The molecule has 0 bridgehead atoms. The van der Waals surface area contributed by atoms with Crippen LogP contribution in [0, 0.1) is 0 Å². The van der Waals surface area contributed by atoms with Crippen LogP contribution in [0.5, 0.6) is 5.75 Å². The first-order valence-corrected chi connectivity index (χ1v) is 8.02. The molecule has 1 aromatic heterocycles. The molecule has 25 heavy (non-hydrogen) atoms. The monoisotopic (exact) mass is 414 g/mol. The van der Waals surface area contributed by atoms with Gasteiger partial charge in [-0.1, -0.05) is 15.9 Å². The molecule has 0 saturated carbocycles. The minimum atomic E-state index is -3.02. The van der Waals surface area contributed by atoms with Gasteiger partial charge in [-0.15, -0.1) is 0 Å². The third kappa shape index (κ3) is 3.23. The number of urea groups is 1. The summed E-state index contributed by atoms with van der Waals surface area (Å²) in [5, 5.41) is 2.57. The predicted molar refractivity (Wildman–Crippen MR) is 85.9 cm³/mol. The van der Waals surface area contributed by atoms with Crippen molar-refractivity contribution < 1.29 is 27.5 Å².